The molecule has 0 spiro atoms. The smallest absolute Gasteiger partial charge is 0.191 e. The quantitative estimate of drug-likeness (QED) is 0.663. The summed E-state index contributed by atoms with van der Waals surface area (Å²) in [7, 11) is 1.79. The molecule has 5 heteroatoms. The van der Waals surface area contributed by atoms with Crippen LogP contribution < -0.4 is 10.6 Å². The highest BCUT2D eigenvalue weighted by Gasteiger charge is 2.35. The summed E-state index contributed by atoms with van der Waals surface area (Å²) < 4.78 is 11.1. The van der Waals surface area contributed by atoms with Gasteiger partial charge >= 0.3 is 0 Å². The summed E-state index contributed by atoms with van der Waals surface area (Å²) in [4.78, 5) is 4.28. The Morgan fingerprint density at radius 2 is 2.18 bits per heavy atom. The number of nitrogens with one attached hydrogen (secondary N) is 2. The third-order valence-corrected chi connectivity index (χ3v) is 4.09. The first-order valence-corrected chi connectivity index (χ1v) is 8.08. The van der Waals surface area contributed by atoms with Crippen molar-refractivity contribution in [2.24, 2.45) is 16.3 Å². The Morgan fingerprint density at radius 3 is 2.82 bits per heavy atom. The van der Waals surface area contributed by atoms with E-state index in [0.717, 1.165) is 31.1 Å². The minimum Gasteiger partial charge on any atom is -0.472 e. The van der Waals surface area contributed by atoms with Crippen molar-refractivity contribution in [1.29, 1.82) is 0 Å². The summed E-state index contributed by atoms with van der Waals surface area (Å²) in [6.45, 7) is 9.23. The van der Waals surface area contributed by atoms with Crippen LogP contribution in [-0.4, -0.2) is 32.3 Å². The van der Waals surface area contributed by atoms with Crippen molar-refractivity contribution < 1.29 is 9.15 Å². The second kappa shape index (κ2) is 7.68. The van der Waals surface area contributed by atoms with Gasteiger partial charge in [-0.3, -0.25) is 4.99 Å². The zero-order valence-electron chi connectivity index (χ0n) is 14.2. The van der Waals surface area contributed by atoms with Gasteiger partial charge in [-0.15, -0.1) is 0 Å². The van der Waals surface area contributed by atoms with Crippen molar-refractivity contribution in [1.82, 2.24) is 10.6 Å². The van der Waals surface area contributed by atoms with E-state index in [1.54, 1.807) is 19.6 Å². The van der Waals surface area contributed by atoms with Gasteiger partial charge in [0.15, 0.2) is 5.96 Å². The van der Waals surface area contributed by atoms with Gasteiger partial charge in [-0.05, 0) is 24.3 Å². The van der Waals surface area contributed by atoms with Gasteiger partial charge in [0.2, 0.25) is 0 Å². The lowest BCUT2D eigenvalue weighted by atomic mass is 9.78. The SMILES string of the molecule is CN=C(NCc1ccoc1)NCC1CCCOC1C(C)(C)C. The van der Waals surface area contributed by atoms with E-state index in [9.17, 15) is 0 Å². The fourth-order valence-electron chi connectivity index (χ4n) is 3.04. The van der Waals surface area contributed by atoms with Gasteiger partial charge in [-0.2, -0.15) is 0 Å². The van der Waals surface area contributed by atoms with Crippen LogP contribution in [0, 0.1) is 11.3 Å². The van der Waals surface area contributed by atoms with Crippen molar-refractivity contribution in [3.63, 3.8) is 0 Å². The van der Waals surface area contributed by atoms with Crippen molar-refractivity contribution in [2.45, 2.75) is 46.3 Å². The van der Waals surface area contributed by atoms with Crippen molar-refractivity contribution in [3.8, 4) is 0 Å². The highest BCUT2D eigenvalue weighted by atomic mass is 16.5. The molecule has 0 bridgehead atoms. The molecule has 124 valence electrons. The lowest BCUT2D eigenvalue weighted by molar-refractivity contribution is -0.0835. The first-order valence-electron chi connectivity index (χ1n) is 8.08. The van der Waals surface area contributed by atoms with Gasteiger partial charge in [0.1, 0.15) is 0 Å². The van der Waals surface area contributed by atoms with Crippen LogP contribution in [-0.2, 0) is 11.3 Å². The summed E-state index contributed by atoms with van der Waals surface area (Å²) in [6, 6.07) is 1.95. The van der Waals surface area contributed by atoms with E-state index in [4.69, 9.17) is 9.15 Å². The molecule has 22 heavy (non-hydrogen) atoms. The number of aliphatic imine (C=N–C) groups is 1. The number of furan rings is 1. The van der Waals surface area contributed by atoms with Crippen LogP contribution in [0.2, 0.25) is 0 Å². The Kier molecular flexibility index (Phi) is 5.89. The van der Waals surface area contributed by atoms with Crippen LogP contribution in [0.25, 0.3) is 0 Å². The normalized spacial score (nSPS) is 23.4. The molecule has 2 unspecified atom stereocenters. The Labute approximate surface area is 133 Å². The Hall–Kier alpha value is -1.49. The third kappa shape index (κ3) is 4.77. The molecule has 1 aromatic rings. The number of hydrogen-bond acceptors (Lipinski definition) is 3. The van der Waals surface area contributed by atoms with E-state index in [-0.39, 0.29) is 5.41 Å². The first-order chi connectivity index (χ1) is 10.5. The van der Waals surface area contributed by atoms with Crippen LogP contribution >= 0.6 is 0 Å². The van der Waals surface area contributed by atoms with E-state index in [2.05, 4.69) is 36.4 Å². The summed E-state index contributed by atoms with van der Waals surface area (Å²) in [5, 5.41) is 6.73. The predicted molar refractivity (Wildman–Crippen MR) is 88.8 cm³/mol. The number of rotatable bonds is 4. The number of ether oxygens (including phenoxy) is 1. The van der Waals surface area contributed by atoms with Crippen molar-refractivity contribution >= 4 is 5.96 Å². The molecular weight excluding hydrogens is 278 g/mol. The fourth-order valence-corrected chi connectivity index (χ4v) is 3.04. The van der Waals surface area contributed by atoms with E-state index in [1.165, 1.54) is 6.42 Å². The van der Waals surface area contributed by atoms with Gasteiger partial charge in [-0.25, -0.2) is 0 Å². The maximum absolute atomic E-state index is 6.03. The lowest BCUT2D eigenvalue weighted by Gasteiger charge is -2.40. The molecule has 0 amide bonds. The van der Waals surface area contributed by atoms with Gasteiger partial charge in [0, 0.05) is 38.2 Å². The molecule has 1 aromatic heterocycles. The van der Waals surface area contributed by atoms with Gasteiger partial charge < -0.3 is 19.8 Å². The minimum absolute atomic E-state index is 0.167. The Bertz CT molecular complexity index is 463. The molecule has 0 saturated carbocycles. The maximum Gasteiger partial charge on any atom is 0.191 e. The fraction of sp³-hybridized carbons (Fsp3) is 0.706. The lowest BCUT2D eigenvalue weighted by Crippen LogP contribution is -2.47. The Balaban J connectivity index is 1.83. The number of hydrogen-bond donors (Lipinski definition) is 2. The molecule has 0 aromatic carbocycles. The second-order valence-electron chi connectivity index (χ2n) is 7.00. The van der Waals surface area contributed by atoms with Gasteiger partial charge in [0.25, 0.3) is 0 Å². The first kappa shape index (κ1) is 16.9. The number of guanidine groups is 1. The third-order valence-electron chi connectivity index (χ3n) is 4.09. The zero-order valence-corrected chi connectivity index (χ0v) is 14.2. The Morgan fingerprint density at radius 1 is 1.36 bits per heavy atom. The largest absolute Gasteiger partial charge is 0.472 e. The van der Waals surface area contributed by atoms with Gasteiger partial charge in [-0.1, -0.05) is 20.8 Å². The monoisotopic (exact) mass is 307 g/mol. The highest BCUT2D eigenvalue weighted by molar-refractivity contribution is 5.79. The molecule has 0 aliphatic carbocycles. The summed E-state index contributed by atoms with van der Waals surface area (Å²) in [5.74, 6) is 1.33. The molecule has 5 nitrogen and oxygen atoms in total. The molecule has 1 saturated heterocycles. The average Bonchev–Trinajstić information content (AvgIpc) is 3.00. The molecule has 2 atom stereocenters. The molecular formula is C17H29N3O2. The summed E-state index contributed by atoms with van der Waals surface area (Å²) >= 11 is 0. The highest BCUT2D eigenvalue weighted by Crippen LogP contribution is 2.33. The van der Waals surface area contributed by atoms with Crippen molar-refractivity contribution in [3.05, 3.63) is 24.2 Å². The summed E-state index contributed by atoms with van der Waals surface area (Å²) in [5.41, 5.74) is 1.28. The van der Waals surface area contributed by atoms with E-state index >= 15 is 0 Å². The van der Waals surface area contributed by atoms with Crippen molar-refractivity contribution in [2.75, 3.05) is 20.2 Å². The van der Waals surface area contributed by atoms with E-state index in [1.807, 2.05) is 6.07 Å². The van der Waals surface area contributed by atoms with E-state index in [0.29, 0.717) is 18.6 Å². The van der Waals surface area contributed by atoms with Crippen LogP contribution in [0.4, 0.5) is 0 Å². The zero-order chi connectivity index (χ0) is 16.0. The van der Waals surface area contributed by atoms with Crippen LogP contribution in [0.5, 0.6) is 0 Å². The van der Waals surface area contributed by atoms with Gasteiger partial charge in [0.05, 0.1) is 18.6 Å². The minimum atomic E-state index is 0.167. The standard InChI is InChI=1S/C17H29N3O2/c1-17(2,3)15-14(6-5-8-22-15)11-20-16(18-4)19-10-13-7-9-21-12-13/h7,9,12,14-15H,5-6,8,10-11H2,1-4H3,(H2,18,19,20). The molecule has 2 rings (SSSR count). The number of nitrogens with zero attached hydrogens (tertiary/aromatic N) is 1. The van der Waals surface area contributed by atoms with E-state index < -0.39 is 0 Å². The average molecular weight is 307 g/mol. The summed E-state index contributed by atoms with van der Waals surface area (Å²) in [6.07, 6.45) is 6.06. The van der Waals surface area contributed by atoms with Crippen LogP contribution in [0.15, 0.2) is 28.0 Å². The predicted octanol–water partition coefficient (Wildman–Crippen LogP) is 2.79. The topological polar surface area (TPSA) is 58.8 Å². The van der Waals surface area contributed by atoms with Crippen LogP contribution in [0.1, 0.15) is 39.2 Å². The molecule has 1 aliphatic rings. The molecule has 1 fully saturated rings. The maximum atomic E-state index is 6.03. The molecule has 0 radical (unpaired) electrons. The molecule has 1 aliphatic heterocycles. The van der Waals surface area contributed by atoms with Crippen LogP contribution in [0.3, 0.4) is 0 Å². The second-order valence-corrected chi connectivity index (χ2v) is 7.00. The molecule has 2 heterocycles. The molecule has 2 N–H and O–H groups in total.